The van der Waals surface area contributed by atoms with Gasteiger partial charge in [-0.3, -0.25) is 4.57 Å². The molecule has 1 aliphatic heterocycles. The summed E-state index contributed by atoms with van der Waals surface area (Å²) in [4.78, 5) is 18.1. The number of anilines is 1. The van der Waals surface area contributed by atoms with Crippen LogP contribution in [0.15, 0.2) is 95.9 Å². The summed E-state index contributed by atoms with van der Waals surface area (Å²) < 4.78 is 42.4. The molecule has 0 radical (unpaired) electrons. The second-order valence-corrected chi connectivity index (χ2v) is 20.5. The highest BCUT2D eigenvalue weighted by atomic mass is 33.1. The van der Waals surface area contributed by atoms with Crippen molar-refractivity contribution in [2.45, 2.75) is 102 Å². The summed E-state index contributed by atoms with van der Waals surface area (Å²) in [6.45, 7) is 15.9. The molecule has 3 aromatic carbocycles. The standard InChI is InChI=1S/C45H60N5O7PS2/c1-32(2)50(33(3)4)58(55-28-13-25-46)57-39-30-42(49-27-24-41(48-43(49)51)47-26-29-59-60-44(5,6)7)56-40(39)31-54-45(34-14-11-10-12-15-34,35-16-20-37(52-8)21-17-35)36-18-22-38(53-9)23-19-36/h10-12,14-24,27,32-33,39-40,42H,13,26,28-31H2,1-9H3,(H,47,48,51)/t39-,40+,42+,58?/m0/s1. The Morgan fingerprint density at radius 2 is 1.53 bits per heavy atom. The molecule has 12 nitrogen and oxygen atoms in total. The van der Waals surface area contributed by atoms with Gasteiger partial charge in [-0.15, -0.1) is 0 Å². The third kappa shape index (κ3) is 12.5. The Morgan fingerprint density at radius 1 is 0.933 bits per heavy atom. The summed E-state index contributed by atoms with van der Waals surface area (Å²) in [5.41, 5.74) is 1.10. The van der Waals surface area contributed by atoms with Crippen molar-refractivity contribution in [1.29, 1.82) is 5.26 Å². The van der Waals surface area contributed by atoms with Crippen LogP contribution in [-0.2, 0) is 24.1 Å². The maximum atomic E-state index is 13.7. The third-order valence-electron chi connectivity index (χ3n) is 9.65. The van der Waals surface area contributed by atoms with Crippen molar-refractivity contribution in [3.63, 3.8) is 0 Å². The fraction of sp³-hybridized carbons (Fsp3) is 0.489. The van der Waals surface area contributed by atoms with E-state index in [1.807, 2.05) is 77.5 Å². The molecule has 1 saturated heterocycles. The van der Waals surface area contributed by atoms with E-state index < -0.39 is 38.3 Å². The molecule has 60 heavy (non-hydrogen) atoms. The largest absolute Gasteiger partial charge is 0.497 e. The maximum absolute atomic E-state index is 13.7. The molecular formula is C45H60N5O7PS2. The number of aromatic nitrogens is 2. The van der Waals surface area contributed by atoms with E-state index >= 15 is 0 Å². The first-order valence-corrected chi connectivity index (χ1v) is 23.8. The summed E-state index contributed by atoms with van der Waals surface area (Å²) in [6.07, 6.45) is 0.363. The van der Waals surface area contributed by atoms with Crippen LogP contribution in [0.25, 0.3) is 0 Å². The van der Waals surface area contributed by atoms with Crippen molar-refractivity contribution >= 4 is 35.9 Å². The Balaban J connectivity index is 1.52. The number of nitrogens with zero attached hydrogens (tertiary/aromatic N) is 4. The molecule has 0 amide bonds. The quantitative estimate of drug-likeness (QED) is 0.0349. The second kappa shape index (κ2) is 22.5. The van der Waals surface area contributed by atoms with Crippen molar-refractivity contribution < 1.29 is 28.0 Å². The molecule has 4 atom stereocenters. The van der Waals surface area contributed by atoms with Crippen LogP contribution in [0.3, 0.4) is 0 Å². The van der Waals surface area contributed by atoms with Crippen LogP contribution in [0.5, 0.6) is 11.5 Å². The van der Waals surface area contributed by atoms with E-state index in [4.69, 9.17) is 28.0 Å². The third-order valence-corrected chi connectivity index (χ3v) is 15.1. The predicted molar refractivity (Wildman–Crippen MR) is 244 cm³/mol. The van der Waals surface area contributed by atoms with Gasteiger partial charge in [-0.2, -0.15) is 10.2 Å². The number of benzene rings is 3. The monoisotopic (exact) mass is 877 g/mol. The summed E-state index contributed by atoms with van der Waals surface area (Å²) in [5.74, 6) is 2.80. The minimum Gasteiger partial charge on any atom is -0.497 e. The first-order valence-electron chi connectivity index (χ1n) is 20.3. The molecule has 0 spiro atoms. The summed E-state index contributed by atoms with van der Waals surface area (Å²) in [5, 5.41) is 12.7. The van der Waals surface area contributed by atoms with Crippen LogP contribution >= 0.6 is 30.1 Å². The van der Waals surface area contributed by atoms with Crippen LogP contribution in [0.4, 0.5) is 5.82 Å². The van der Waals surface area contributed by atoms with E-state index in [1.165, 1.54) is 4.57 Å². The first-order chi connectivity index (χ1) is 28.8. The van der Waals surface area contributed by atoms with Crippen LogP contribution in [0, 0.1) is 11.3 Å². The van der Waals surface area contributed by atoms with E-state index in [0.717, 1.165) is 22.4 Å². The van der Waals surface area contributed by atoms with Gasteiger partial charge in [0.1, 0.15) is 35.2 Å². The zero-order valence-electron chi connectivity index (χ0n) is 36.2. The highest BCUT2D eigenvalue weighted by molar-refractivity contribution is 8.77. The molecule has 1 N–H and O–H groups in total. The van der Waals surface area contributed by atoms with Gasteiger partial charge >= 0.3 is 5.69 Å². The lowest BCUT2D eigenvalue weighted by atomic mass is 9.80. The van der Waals surface area contributed by atoms with E-state index in [2.05, 4.69) is 81.6 Å². The van der Waals surface area contributed by atoms with Crippen molar-refractivity contribution in [3.05, 3.63) is 118 Å². The summed E-state index contributed by atoms with van der Waals surface area (Å²) in [6, 6.07) is 30.0. The van der Waals surface area contributed by atoms with Crippen LogP contribution in [0.1, 0.15) is 84.2 Å². The minimum absolute atomic E-state index is 0.0743. The first kappa shape index (κ1) is 47.4. The molecule has 1 aliphatic rings. The maximum Gasteiger partial charge on any atom is 0.351 e. The number of nitriles is 1. The van der Waals surface area contributed by atoms with Gasteiger partial charge in [0.2, 0.25) is 0 Å². The fourth-order valence-corrected chi connectivity index (χ4v) is 10.9. The molecule has 0 aliphatic carbocycles. The Hall–Kier alpha value is -3.64. The Bertz CT molecular complexity index is 1950. The fourth-order valence-electron chi connectivity index (χ4n) is 6.99. The topological polar surface area (TPSA) is 129 Å². The van der Waals surface area contributed by atoms with Crippen molar-refractivity contribution in [3.8, 4) is 17.6 Å². The molecule has 1 fully saturated rings. The van der Waals surface area contributed by atoms with E-state index in [1.54, 1.807) is 37.3 Å². The predicted octanol–water partition coefficient (Wildman–Crippen LogP) is 9.81. The zero-order chi connectivity index (χ0) is 43.3. The number of nitrogens with one attached hydrogen (secondary N) is 1. The van der Waals surface area contributed by atoms with Gasteiger partial charge < -0.3 is 33.3 Å². The van der Waals surface area contributed by atoms with Crippen LogP contribution in [0.2, 0.25) is 0 Å². The number of hydrogen-bond acceptors (Lipinski definition) is 13. The van der Waals surface area contributed by atoms with Crippen LogP contribution in [-0.4, -0.2) is 83.0 Å². The molecule has 0 bridgehead atoms. The number of methoxy groups -OCH3 is 2. The SMILES string of the molecule is COc1ccc(C(OC[C@H]2O[C@@H](n3ccc(NCCSSC(C)(C)C)nc3=O)C[C@@H]2OP(OCCC#N)N(C(C)C)C(C)C)(c2ccccc2)c2ccc(OC)cc2)cc1. The lowest BCUT2D eigenvalue weighted by Crippen LogP contribution is -2.39. The second-order valence-electron chi connectivity index (χ2n) is 15.8. The molecule has 1 aromatic heterocycles. The molecule has 1 unspecified atom stereocenters. The average Bonchev–Trinajstić information content (AvgIpc) is 3.62. The molecule has 5 rings (SSSR count). The number of hydrogen-bond donors (Lipinski definition) is 1. The highest BCUT2D eigenvalue weighted by Crippen LogP contribution is 2.51. The lowest BCUT2D eigenvalue weighted by molar-refractivity contribution is -0.0925. The van der Waals surface area contributed by atoms with Gasteiger partial charge in [-0.1, -0.05) is 97.0 Å². The number of ether oxygens (including phenoxy) is 4. The van der Waals surface area contributed by atoms with Gasteiger partial charge in [0.05, 0.1) is 46.0 Å². The molecule has 324 valence electrons. The normalized spacial score (nSPS) is 17.6. The van der Waals surface area contributed by atoms with E-state index in [0.29, 0.717) is 30.3 Å². The average molecular weight is 878 g/mol. The molecule has 0 saturated carbocycles. The van der Waals surface area contributed by atoms with Gasteiger partial charge in [0, 0.05) is 41.7 Å². The summed E-state index contributed by atoms with van der Waals surface area (Å²) >= 11 is 0. The van der Waals surface area contributed by atoms with E-state index in [9.17, 15) is 10.1 Å². The Morgan fingerprint density at radius 3 is 2.07 bits per heavy atom. The van der Waals surface area contributed by atoms with Gasteiger partial charge in [-0.25, -0.2) is 9.46 Å². The smallest absolute Gasteiger partial charge is 0.351 e. The number of rotatable bonds is 22. The van der Waals surface area contributed by atoms with E-state index in [-0.39, 0.29) is 36.5 Å². The van der Waals surface area contributed by atoms with Crippen molar-refractivity contribution in [1.82, 2.24) is 14.2 Å². The Kier molecular flexibility index (Phi) is 17.7. The zero-order valence-corrected chi connectivity index (χ0v) is 38.7. The summed E-state index contributed by atoms with van der Waals surface area (Å²) in [7, 11) is 5.25. The molecule has 2 heterocycles. The minimum atomic E-state index is -1.65. The van der Waals surface area contributed by atoms with Crippen molar-refractivity contribution in [2.24, 2.45) is 0 Å². The van der Waals surface area contributed by atoms with Gasteiger partial charge in [-0.05, 0) is 74.7 Å². The molecular weight excluding hydrogens is 818 g/mol. The lowest BCUT2D eigenvalue weighted by Gasteiger charge is -2.39. The van der Waals surface area contributed by atoms with Gasteiger partial charge in [0.25, 0.3) is 8.53 Å². The van der Waals surface area contributed by atoms with Crippen molar-refractivity contribution in [2.75, 3.05) is 45.0 Å². The Labute approximate surface area is 365 Å². The molecule has 4 aromatic rings. The van der Waals surface area contributed by atoms with Crippen LogP contribution < -0.4 is 20.5 Å². The highest BCUT2D eigenvalue weighted by Gasteiger charge is 2.45. The van der Waals surface area contributed by atoms with Gasteiger partial charge in [0.15, 0.2) is 0 Å². The molecule has 15 heteroatoms.